The summed E-state index contributed by atoms with van der Waals surface area (Å²) in [7, 11) is -3.80. The van der Waals surface area contributed by atoms with Gasteiger partial charge in [-0.25, -0.2) is 8.42 Å². The monoisotopic (exact) mass is 419 g/mol. The Morgan fingerprint density at radius 2 is 1.93 bits per heavy atom. The standard InChI is InChI=1S/C19H21N3O6S/c1-2-28-17-9-8-14(12-18(17)29(26,27)21-10-3-4-11-21)19(23)20-15-6-5-7-16(13-15)22(24)25/h5-9,12-13H,2-4,10-11H2,1H3,(H,20,23). The van der Waals surface area contributed by atoms with Crippen LogP contribution in [0, 0.1) is 10.1 Å². The maximum Gasteiger partial charge on any atom is 0.271 e. The molecule has 0 bridgehead atoms. The fourth-order valence-electron chi connectivity index (χ4n) is 3.09. The van der Waals surface area contributed by atoms with Crippen LogP contribution in [0.3, 0.4) is 0 Å². The highest BCUT2D eigenvalue weighted by Gasteiger charge is 2.30. The van der Waals surface area contributed by atoms with Gasteiger partial charge in [0.25, 0.3) is 11.6 Å². The highest BCUT2D eigenvalue weighted by molar-refractivity contribution is 7.89. The Hall–Kier alpha value is -2.98. The molecular weight excluding hydrogens is 398 g/mol. The summed E-state index contributed by atoms with van der Waals surface area (Å²) >= 11 is 0. The number of rotatable bonds is 7. The lowest BCUT2D eigenvalue weighted by molar-refractivity contribution is -0.384. The van der Waals surface area contributed by atoms with Crippen molar-refractivity contribution in [2.75, 3.05) is 25.0 Å². The Labute approximate surface area is 168 Å². The molecule has 1 heterocycles. The van der Waals surface area contributed by atoms with E-state index in [-0.39, 0.29) is 34.2 Å². The van der Waals surface area contributed by atoms with Crippen molar-refractivity contribution in [2.24, 2.45) is 0 Å². The van der Waals surface area contributed by atoms with Crippen molar-refractivity contribution >= 4 is 27.3 Å². The third-order valence-corrected chi connectivity index (χ3v) is 6.42. The van der Waals surface area contributed by atoms with Crippen LogP contribution in [0.25, 0.3) is 0 Å². The molecule has 0 atom stereocenters. The first-order chi connectivity index (χ1) is 13.8. The van der Waals surface area contributed by atoms with Crippen molar-refractivity contribution in [3.63, 3.8) is 0 Å². The van der Waals surface area contributed by atoms with Crippen molar-refractivity contribution in [1.82, 2.24) is 4.31 Å². The molecule has 0 spiro atoms. The minimum absolute atomic E-state index is 0.0621. The fourth-order valence-corrected chi connectivity index (χ4v) is 4.77. The van der Waals surface area contributed by atoms with Crippen LogP contribution >= 0.6 is 0 Å². The molecule has 3 rings (SSSR count). The zero-order chi connectivity index (χ0) is 21.0. The predicted octanol–water partition coefficient (Wildman–Crippen LogP) is 3.03. The molecule has 1 aliphatic heterocycles. The maximum atomic E-state index is 13.0. The van der Waals surface area contributed by atoms with E-state index in [1.54, 1.807) is 6.92 Å². The topological polar surface area (TPSA) is 119 Å². The lowest BCUT2D eigenvalue weighted by Gasteiger charge is -2.19. The maximum absolute atomic E-state index is 13.0. The molecule has 0 unspecified atom stereocenters. The van der Waals surface area contributed by atoms with Crippen molar-refractivity contribution in [3.05, 3.63) is 58.1 Å². The lowest BCUT2D eigenvalue weighted by atomic mass is 10.2. The molecule has 1 fully saturated rings. The van der Waals surface area contributed by atoms with E-state index < -0.39 is 20.9 Å². The summed E-state index contributed by atoms with van der Waals surface area (Å²) in [4.78, 5) is 22.9. The minimum atomic E-state index is -3.80. The van der Waals surface area contributed by atoms with Gasteiger partial charge >= 0.3 is 0 Å². The zero-order valence-electron chi connectivity index (χ0n) is 15.8. The second kappa shape index (κ2) is 8.58. The van der Waals surface area contributed by atoms with Gasteiger partial charge in [-0.1, -0.05) is 6.07 Å². The third-order valence-electron chi connectivity index (χ3n) is 4.50. The molecule has 154 valence electrons. The van der Waals surface area contributed by atoms with Gasteiger partial charge in [0.1, 0.15) is 10.6 Å². The van der Waals surface area contributed by atoms with E-state index >= 15 is 0 Å². The Balaban J connectivity index is 1.92. The molecule has 1 saturated heterocycles. The highest BCUT2D eigenvalue weighted by atomic mass is 32.2. The smallest absolute Gasteiger partial charge is 0.271 e. The van der Waals surface area contributed by atoms with Gasteiger partial charge in [-0.15, -0.1) is 0 Å². The number of nitrogens with one attached hydrogen (secondary N) is 1. The number of carbonyl (C=O) groups is 1. The zero-order valence-corrected chi connectivity index (χ0v) is 16.6. The van der Waals surface area contributed by atoms with Gasteiger partial charge in [0.05, 0.1) is 11.5 Å². The average molecular weight is 419 g/mol. The number of carbonyl (C=O) groups excluding carboxylic acids is 1. The molecular formula is C19H21N3O6S. The highest BCUT2D eigenvalue weighted by Crippen LogP contribution is 2.30. The van der Waals surface area contributed by atoms with E-state index in [1.165, 1.54) is 46.8 Å². The molecule has 1 amide bonds. The van der Waals surface area contributed by atoms with Crippen LogP contribution in [0.1, 0.15) is 30.1 Å². The first-order valence-electron chi connectivity index (χ1n) is 9.15. The van der Waals surface area contributed by atoms with Gasteiger partial charge < -0.3 is 10.1 Å². The molecule has 0 saturated carbocycles. The van der Waals surface area contributed by atoms with Gasteiger partial charge in [-0.3, -0.25) is 14.9 Å². The summed E-state index contributed by atoms with van der Waals surface area (Å²) < 4.78 is 32.9. The van der Waals surface area contributed by atoms with Gasteiger partial charge in [0.15, 0.2) is 0 Å². The normalized spacial score (nSPS) is 14.5. The molecule has 2 aromatic carbocycles. The number of nitrogens with zero attached hydrogens (tertiary/aromatic N) is 2. The summed E-state index contributed by atoms with van der Waals surface area (Å²) in [6, 6.07) is 9.71. The summed E-state index contributed by atoms with van der Waals surface area (Å²) in [6.45, 7) is 2.88. The van der Waals surface area contributed by atoms with E-state index in [0.29, 0.717) is 13.1 Å². The molecule has 2 aromatic rings. The first kappa shape index (κ1) is 20.7. The van der Waals surface area contributed by atoms with Crippen molar-refractivity contribution in [1.29, 1.82) is 0 Å². The Morgan fingerprint density at radius 3 is 2.59 bits per heavy atom. The number of nitro groups is 1. The van der Waals surface area contributed by atoms with Crippen molar-refractivity contribution < 1.29 is 22.9 Å². The first-order valence-corrected chi connectivity index (χ1v) is 10.6. The molecule has 0 aromatic heterocycles. The van der Waals surface area contributed by atoms with Gasteiger partial charge in [0, 0.05) is 36.5 Å². The third kappa shape index (κ3) is 4.54. The van der Waals surface area contributed by atoms with Gasteiger partial charge in [0.2, 0.25) is 10.0 Å². The van der Waals surface area contributed by atoms with Crippen LogP contribution in [0.4, 0.5) is 11.4 Å². The second-order valence-corrected chi connectivity index (χ2v) is 8.37. The van der Waals surface area contributed by atoms with E-state index in [0.717, 1.165) is 12.8 Å². The largest absolute Gasteiger partial charge is 0.492 e. The molecule has 1 N–H and O–H groups in total. The van der Waals surface area contributed by atoms with Crippen LogP contribution < -0.4 is 10.1 Å². The number of non-ortho nitro benzene ring substituents is 1. The van der Waals surface area contributed by atoms with Crippen LogP contribution in [-0.4, -0.2) is 43.2 Å². The van der Waals surface area contributed by atoms with Crippen LogP contribution in [0.2, 0.25) is 0 Å². The predicted molar refractivity (Wildman–Crippen MR) is 107 cm³/mol. The number of hydrogen-bond acceptors (Lipinski definition) is 6. The summed E-state index contributed by atoms with van der Waals surface area (Å²) in [5, 5.41) is 13.5. The SMILES string of the molecule is CCOc1ccc(C(=O)Nc2cccc([N+](=O)[O-])c2)cc1S(=O)(=O)N1CCCC1. The number of hydrogen-bond donors (Lipinski definition) is 1. The number of sulfonamides is 1. The molecule has 0 radical (unpaired) electrons. The van der Waals surface area contributed by atoms with E-state index in [9.17, 15) is 23.3 Å². The Morgan fingerprint density at radius 1 is 1.21 bits per heavy atom. The molecule has 9 nitrogen and oxygen atoms in total. The van der Waals surface area contributed by atoms with Crippen molar-refractivity contribution in [3.8, 4) is 5.75 Å². The lowest BCUT2D eigenvalue weighted by Crippen LogP contribution is -2.28. The number of ether oxygens (including phenoxy) is 1. The Kier molecular flexibility index (Phi) is 6.14. The molecule has 29 heavy (non-hydrogen) atoms. The molecule has 10 heteroatoms. The van der Waals surface area contributed by atoms with Crippen molar-refractivity contribution in [2.45, 2.75) is 24.7 Å². The van der Waals surface area contributed by atoms with E-state index in [4.69, 9.17) is 4.74 Å². The second-order valence-electron chi connectivity index (χ2n) is 6.47. The average Bonchev–Trinajstić information content (AvgIpc) is 3.24. The van der Waals surface area contributed by atoms with Gasteiger partial charge in [-0.05, 0) is 44.0 Å². The summed E-state index contributed by atoms with van der Waals surface area (Å²) in [5.74, 6) is -0.391. The van der Waals surface area contributed by atoms with E-state index in [1.807, 2.05) is 0 Å². The quantitative estimate of drug-likeness (QED) is 0.544. The van der Waals surface area contributed by atoms with E-state index in [2.05, 4.69) is 5.32 Å². The van der Waals surface area contributed by atoms with Gasteiger partial charge in [-0.2, -0.15) is 4.31 Å². The number of nitro benzene ring substituents is 1. The number of amides is 1. The Bertz CT molecular complexity index is 1030. The molecule has 1 aliphatic rings. The fraction of sp³-hybridized carbons (Fsp3) is 0.316. The number of anilines is 1. The minimum Gasteiger partial charge on any atom is -0.492 e. The van der Waals surface area contributed by atoms with Crippen LogP contribution in [0.15, 0.2) is 47.4 Å². The summed E-state index contributed by atoms with van der Waals surface area (Å²) in [5.41, 5.74) is 0.187. The number of benzene rings is 2. The molecule has 0 aliphatic carbocycles. The summed E-state index contributed by atoms with van der Waals surface area (Å²) in [6.07, 6.45) is 1.58. The van der Waals surface area contributed by atoms with Crippen LogP contribution in [0.5, 0.6) is 5.75 Å². The van der Waals surface area contributed by atoms with Crippen LogP contribution in [-0.2, 0) is 10.0 Å².